The van der Waals surface area contributed by atoms with Crippen LogP contribution < -0.4 is 10.6 Å². The molecule has 0 bridgehead atoms. The summed E-state index contributed by atoms with van der Waals surface area (Å²) >= 11 is 0. The third kappa shape index (κ3) is 4.03. The monoisotopic (exact) mass is 391 g/mol. The van der Waals surface area contributed by atoms with Gasteiger partial charge in [-0.05, 0) is 62.6 Å². The fourth-order valence-electron chi connectivity index (χ4n) is 3.69. The van der Waals surface area contributed by atoms with Crippen LogP contribution in [0.15, 0.2) is 42.5 Å². The standard InChI is InChI=1S/C23H25N3O3/c1-14-15(2)25-21-10-9-16(12-19(14)21)22(27)26-20-8-4-3-7-18(20)23(28)24-13-17-6-5-11-29-17/h3-4,7-10,12,17,25H,5-6,11,13H2,1-2H3,(H,24,28)(H,26,27). The number of aromatic amines is 1. The average Bonchev–Trinajstić information content (AvgIpc) is 3.34. The van der Waals surface area contributed by atoms with Crippen molar-refractivity contribution >= 4 is 28.4 Å². The molecule has 0 saturated carbocycles. The SMILES string of the molecule is Cc1[nH]c2ccc(C(=O)Nc3ccccc3C(=O)NCC3CCCO3)cc2c1C. The first-order chi connectivity index (χ1) is 14.0. The highest BCUT2D eigenvalue weighted by atomic mass is 16.5. The van der Waals surface area contributed by atoms with Crippen molar-refractivity contribution in [3.05, 3.63) is 64.8 Å². The van der Waals surface area contributed by atoms with E-state index in [9.17, 15) is 9.59 Å². The molecule has 2 amide bonds. The van der Waals surface area contributed by atoms with Crippen LogP contribution in [0.1, 0.15) is 44.8 Å². The minimum Gasteiger partial charge on any atom is -0.376 e. The number of rotatable bonds is 5. The van der Waals surface area contributed by atoms with Crippen LogP contribution in [0, 0.1) is 13.8 Å². The summed E-state index contributed by atoms with van der Waals surface area (Å²) in [7, 11) is 0. The van der Waals surface area contributed by atoms with E-state index < -0.39 is 0 Å². The fourth-order valence-corrected chi connectivity index (χ4v) is 3.69. The highest BCUT2D eigenvalue weighted by molar-refractivity contribution is 6.10. The molecule has 0 aliphatic carbocycles. The lowest BCUT2D eigenvalue weighted by molar-refractivity contribution is 0.0858. The number of hydrogen-bond acceptors (Lipinski definition) is 3. The van der Waals surface area contributed by atoms with E-state index >= 15 is 0 Å². The zero-order valence-electron chi connectivity index (χ0n) is 16.7. The maximum Gasteiger partial charge on any atom is 0.255 e. The Morgan fingerprint density at radius 1 is 1.14 bits per heavy atom. The van der Waals surface area contributed by atoms with E-state index in [1.807, 2.05) is 26.0 Å². The van der Waals surface area contributed by atoms with E-state index in [4.69, 9.17) is 4.74 Å². The van der Waals surface area contributed by atoms with E-state index in [0.717, 1.165) is 41.6 Å². The lowest BCUT2D eigenvalue weighted by atomic mass is 10.1. The van der Waals surface area contributed by atoms with E-state index in [1.54, 1.807) is 30.3 Å². The Kier molecular flexibility index (Phi) is 5.36. The number of hydrogen-bond donors (Lipinski definition) is 3. The summed E-state index contributed by atoms with van der Waals surface area (Å²) < 4.78 is 5.55. The number of anilines is 1. The van der Waals surface area contributed by atoms with Gasteiger partial charge in [0.15, 0.2) is 0 Å². The van der Waals surface area contributed by atoms with Gasteiger partial charge in [0.05, 0.1) is 17.4 Å². The molecule has 150 valence electrons. The van der Waals surface area contributed by atoms with E-state index in [0.29, 0.717) is 23.4 Å². The number of aromatic nitrogens is 1. The van der Waals surface area contributed by atoms with Gasteiger partial charge in [-0.1, -0.05) is 12.1 Å². The molecule has 1 saturated heterocycles. The third-order valence-corrected chi connectivity index (χ3v) is 5.50. The predicted molar refractivity (Wildman–Crippen MR) is 113 cm³/mol. The first-order valence-corrected chi connectivity index (χ1v) is 9.92. The van der Waals surface area contributed by atoms with Crippen molar-refractivity contribution in [2.75, 3.05) is 18.5 Å². The number of fused-ring (bicyclic) bond motifs is 1. The largest absolute Gasteiger partial charge is 0.376 e. The number of para-hydroxylation sites is 1. The quantitative estimate of drug-likeness (QED) is 0.616. The molecule has 1 fully saturated rings. The number of H-pyrrole nitrogens is 1. The maximum absolute atomic E-state index is 12.8. The van der Waals surface area contributed by atoms with Gasteiger partial charge in [0.1, 0.15) is 0 Å². The van der Waals surface area contributed by atoms with Crippen molar-refractivity contribution in [2.45, 2.75) is 32.8 Å². The number of carbonyl (C=O) groups excluding carboxylic acids is 2. The third-order valence-electron chi connectivity index (χ3n) is 5.50. The summed E-state index contributed by atoms with van der Waals surface area (Å²) in [5.41, 5.74) is 4.70. The topological polar surface area (TPSA) is 83.2 Å². The molecule has 0 spiro atoms. The Hall–Kier alpha value is -3.12. The number of ether oxygens (including phenoxy) is 1. The van der Waals surface area contributed by atoms with Crippen LogP contribution in [0.5, 0.6) is 0 Å². The molecule has 1 atom stereocenters. The summed E-state index contributed by atoms with van der Waals surface area (Å²) in [6, 6.07) is 12.6. The molecular formula is C23H25N3O3. The first kappa shape index (κ1) is 19.2. The number of benzene rings is 2. The predicted octanol–water partition coefficient (Wildman–Crippen LogP) is 3.95. The van der Waals surface area contributed by atoms with Crippen molar-refractivity contribution in [3.8, 4) is 0 Å². The number of aryl methyl sites for hydroxylation is 2. The van der Waals surface area contributed by atoms with Crippen LogP contribution in [0.3, 0.4) is 0 Å². The Labute approximate surface area is 169 Å². The minimum atomic E-state index is -0.246. The molecule has 1 aliphatic heterocycles. The van der Waals surface area contributed by atoms with Gasteiger partial charge in [-0.25, -0.2) is 0 Å². The molecular weight excluding hydrogens is 366 g/mol. The Morgan fingerprint density at radius 3 is 2.76 bits per heavy atom. The zero-order chi connectivity index (χ0) is 20.4. The van der Waals surface area contributed by atoms with Gasteiger partial charge in [0.2, 0.25) is 0 Å². The summed E-state index contributed by atoms with van der Waals surface area (Å²) in [5.74, 6) is -0.464. The molecule has 1 aromatic heterocycles. The summed E-state index contributed by atoms with van der Waals surface area (Å²) in [6.07, 6.45) is 2.05. The lowest BCUT2D eigenvalue weighted by Crippen LogP contribution is -2.32. The second-order valence-electron chi connectivity index (χ2n) is 7.48. The minimum absolute atomic E-state index is 0.0699. The molecule has 6 nitrogen and oxygen atoms in total. The lowest BCUT2D eigenvalue weighted by Gasteiger charge is -2.14. The second-order valence-corrected chi connectivity index (χ2v) is 7.48. The van der Waals surface area contributed by atoms with Gasteiger partial charge in [0, 0.05) is 35.3 Å². The maximum atomic E-state index is 12.8. The summed E-state index contributed by atoms with van der Waals surface area (Å²) in [6.45, 7) is 5.27. The van der Waals surface area contributed by atoms with Gasteiger partial charge in [-0.2, -0.15) is 0 Å². The van der Waals surface area contributed by atoms with Crippen LogP contribution in [-0.2, 0) is 4.74 Å². The van der Waals surface area contributed by atoms with E-state index in [2.05, 4.69) is 15.6 Å². The molecule has 3 aromatic rings. The summed E-state index contributed by atoms with van der Waals surface area (Å²) in [4.78, 5) is 28.8. The molecule has 1 aliphatic rings. The molecule has 29 heavy (non-hydrogen) atoms. The van der Waals surface area contributed by atoms with Crippen molar-refractivity contribution in [3.63, 3.8) is 0 Å². The zero-order valence-corrected chi connectivity index (χ0v) is 16.7. The van der Waals surface area contributed by atoms with Crippen molar-refractivity contribution in [2.24, 2.45) is 0 Å². The van der Waals surface area contributed by atoms with Crippen molar-refractivity contribution < 1.29 is 14.3 Å². The van der Waals surface area contributed by atoms with Crippen molar-refractivity contribution in [1.29, 1.82) is 0 Å². The van der Waals surface area contributed by atoms with Gasteiger partial charge in [-0.15, -0.1) is 0 Å². The highest BCUT2D eigenvalue weighted by Gasteiger charge is 2.19. The van der Waals surface area contributed by atoms with Gasteiger partial charge in [0.25, 0.3) is 11.8 Å². The molecule has 2 aromatic carbocycles. The van der Waals surface area contributed by atoms with Crippen LogP contribution >= 0.6 is 0 Å². The highest BCUT2D eigenvalue weighted by Crippen LogP contribution is 2.23. The number of carbonyl (C=O) groups is 2. The molecule has 2 heterocycles. The normalized spacial score (nSPS) is 16.1. The Bertz CT molecular complexity index is 1060. The van der Waals surface area contributed by atoms with Crippen LogP contribution in [-0.4, -0.2) is 36.1 Å². The van der Waals surface area contributed by atoms with Gasteiger partial charge in [-0.3, -0.25) is 9.59 Å². The van der Waals surface area contributed by atoms with E-state index in [1.165, 1.54) is 0 Å². The molecule has 3 N–H and O–H groups in total. The summed E-state index contributed by atoms with van der Waals surface area (Å²) in [5, 5.41) is 6.82. The van der Waals surface area contributed by atoms with Gasteiger partial charge < -0.3 is 20.4 Å². The van der Waals surface area contributed by atoms with Gasteiger partial charge >= 0.3 is 0 Å². The van der Waals surface area contributed by atoms with Crippen molar-refractivity contribution in [1.82, 2.24) is 10.3 Å². The van der Waals surface area contributed by atoms with E-state index in [-0.39, 0.29) is 17.9 Å². The van der Waals surface area contributed by atoms with Crippen LogP contribution in [0.2, 0.25) is 0 Å². The molecule has 6 heteroatoms. The average molecular weight is 391 g/mol. The first-order valence-electron chi connectivity index (χ1n) is 9.92. The number of amides is 2. The Morgan fingerprint density at radius 2 is 1.97 bits per heavy atom. The molecule has 0 radical (unpaired) electrons. The Balaban J connectivity index is 1.51. The smallest absolute Gasteiger partial charge is 0.255 e. The number of nitrogens with one attached hydrogen (secondary N) is 3. The molecule has 1 unspecified atom stereocenters. The second kappa shape index (κ2) is 8.09. The van der Waals surface area contributed by atoms with Crippen LogP contribution in [0.25, 0.3) is 10.9 Å². The fraction of sp³-hybridized carbons (Fsp3) is 0.304. The molecule has 4 rings (SSSR count). The van der Waals surface area contributed by atoms with Crippen LogP contribution in [0.4, 0.5) is 5.69 Å².